The van der Waals surface area contributed by atoms with Crippen molar-refractivity contribution >= 4 is 21.5 Å². The van der Waals surface area contributed by atoms with Gasteiger partial charge in [-0.15, -0.1) is 0 Å². The Hall–Kier alpha value is -2.62. The number of benzene rings is 3. The Labute approximate surface area is 108 Å². The van der Waals surface area contributed by atoms with E-state index in [-0.39, 0.29) is 23.9 Å². The molecule has 0 aliphatic carbocycles. The monoisotopic (exact) mass is 254 g/mol. The smallest absolute Gasteiger partial charge is 0.164 e. The van der Waals surface area contributed by atoms with Crippen molar-refractivity contribution in [3.8, 4) is 23.0 Å². The number of rotatable bonds is 0. The van der Waals surface area contributed by atoms with Gasteiger partial charge in [0.05, 0.1) is 0 Å². The first-order valence-corrected chi connectivity index (χ1v) is 5.91. The van der Waals surface area contributed by atoms with E-state index in [2.05, 4.69) is 0 Å². The average Bonchev–Trinajstić information content (AvgIpc) is 2.39. The number of hydrogen-bond acceptors (Lipinski definition) is 4. The standard InChI is InChI=1S/C15H10O4/c16-9-3-7-1-2-8-4-11(17)15(18)10-6-19-12(5-9)14(7)13(8)10/h1-5,16-18H,6H2. The van der Waals surface area contributed by atoms with Gasteiger partial charge in [0.2, 0.25) is 0 Å². The minimum Gasteiger partial charge on any atom is -0.508 e. The van der Waals surface area contributed by atoms with E-state index >= 15 is 0 Å². The molecule has 4 rings (SSSR count). The molecule has 4 nitrogen and oxygen atoms in total. The van der Waals surface area contributed by atoms with Crippen LogP contribution in [-0.2, 0) is 6.61 Å². The summed E-state index contributed by atoms with van der Waals surface area (Å²) in [5.41, 5.74) is 0.582. The highest BCUT2D eigenvalue weighted by Gasteiger charge is 2.21. The van der Waals surface area contributed by atoms with Gasteiger partial charge in [-0.1, -0.05) is 12.1 Å². The summed E-state index contributed by atoms with van der Waals surface area (Å²) in [7, 11) is 0. The molecule has 1 aliphatic heterocycles. The second-order valence-electron chi connectivity index (χ2n) is 4.72. The lowest BCUT2D eigenvalue weighted by Crippen LogP contribution is -2.03. The summed E-state index contributed by atoms with van der Waals surface area (Å²) in [6.07, 6.45) is 0. The van der Waals surface area contributed by atoms with E-state index in [0.29, 0.717) is 11.3 Å². The first kappa shape index (κ1) is 10.3. The molecule has 0 fully saturated rings. The van der Waals surface area contributed by atoms with E-state index in [1.165, 1.54) is 6.07 Å². The van der Waals surface area contributed by atoms with Gasteiger partial charge in [-0.2, -0.15) is 0 Å². The van der Waals surface area contributed by atoms with Crippen LogP contribution in [0, 0.1) is 0 Å². The first-order chi connectivity index (χ1) is 9.15. The van der Waals surface area contributed by atoms with Crippen molar-refractivity contribution in [2.75, 3.05) is 0 Å². The molecule has 3 N–H and O–H groups in total. The molecule has 0 radical (unpaired) electrons. The summed E-state index contributed by atoms with van der Waals surface area (Å²) >= 11 is 0. The van der Waals surface area contributed by atoms with Gasteiger partial charge in [-0.25, -0.2) is 0 Å². The molecule has 0 amide bonds. The van der Waals surface area contributed by atoms with E-state index in [0.717, 1.165) is 21.5 Å². The molecule has 0 saturated heterocycles. The lowest BCUT2D eigenvalue weighted by molar-refractivity contribution is 0.296. The fourth-order valence-corrected chi connectivity index (χ4v) is 2.77. The van der Waals surface area contributed by atoms with E-state index in [9.17, 15) is 15.3 Å². The third-order valence-corrected chi connectivity index (χ3v) is 3.59. The molecular weight excluding hydrogens is 244 g/mol. The molecule has 0 atom stereocenters. The molecule has 0 bridgehead atoms. The maximum absolute atomic E-state index is 9.96. The minimum atomic E-state index is -0.146. The molecule has 0 aromatic heterocycles. The molecule has 19 heavy (non-hydrogen) atoms. The van der Waals surface area contributed by atoms with Crippen molar-refractivity contribution < 1.29 is 20.1 Å². The summed E-state index contributed by atoms with van der Waals surface area (Å²) in [6, 6.07) is 8.47. The van der Waals surface area contributed by atoms with Crippen molar-refractivity contribution in [1.82, 2.24) is 0 Å². The Morgan fingerprint density at radius 2 is 1.63 bits per heavy atom. The van der Waals surface area contributed by atoms with Crippen LogP contribution < -0.4 is 4.74 Å². The Kier molecular flexibility index (Phi) is 1.75. The second-order valence-corrected chi connectivity index (χ2v) is 4.72. The molecule has 0 saturated carbocycles. The molecule has 0 spiro atoms. The molecule has 3 aromatic carbocycles. The fourth-order valence-electron chi connectivity index (χ4n) is 2.77. The number of hydrogen-bond donors (Lipinski definition) is 3. The highest BCUT2D eigenvalue weighted by atomic mass is 16.5. The first-order valence-electron chi connectivity index (χ1n) is 5.91. The summed E-state index contributed by atoms with van der Waals surface area (Å²) in [5, 5.41) is 32.7. The van der Waals surface area contributed by atoms with Crippen molar-refractivity contribution in [3.05, 3.63) is 35.9 Å². The van der Waals surface area contributed by atoms with Gasteiger partial charge >= 0.3 is 0 Å². The summed E-state index contributed by atoms with van der Waals surface area (Å²) in [4.78, 5) is 0. The van der Waals surface area contributed by atoms with Crippen LogP contribution in [0.15, 0.2) is 30.3 Å². The van der Waals surface area contributed by atoms with E-state index in [1.807, 2.05) is 12.1 Å². The van der Waals surface area contributed by atoms with Crippen molar-refractivity contribution in [2.24, 2.45) is 0 Å². The zero-order valence-electron chi connectivity index (χ0n) is 9.84. The van der Waals surface area contributed by atoms with Crippen LogP contribution >= 0.6 is 0 Å². The molecule has 0 unspecified atom stereocenters. The topological polar surface area (TPSA) is 69.9 Å². The zero-order chi connectivity index (χ0) is 13.1. The Morgan fingerprint density at radius 1 is 0.895 bits per heavy atom. The quantitative estimate of drug-likeness (QED) is 0.426. The highest BCUT2D eigenvalue weighted by Crippen LogP contribution is 2.46. The van der Waals surface area contributed by atoms with Gasteiger partial charge in [-0.3, -0.25) is 0 Å². The van der Waals surface area contributed by atoms with Gasteiger partial charge in [0.15, 0.2) is 11.5 Å². The van der Waals surface area contributed by atoms with Gasteiger partial charge in [0, 0.05) is 22.4 Å². The molecular formula is C15H10O4. The van der Waals surface area contributed by atoms with Gasteiger partial charge < -0.3 is 20.1 Å². The number of aromatic hydroxyl groups is 3. The molecule has 94 valence electrons. The Morgan fingerprint density at radius 3 is 2.42 bits per heavy atom. The summed E-state index contributed by atoms with van der Waals surface area (Å²) < 4.78 is 5.57. The average molecular weight is 254 g/mol. The van der Waals surface area contributed by atoms with Crippen LogP contribution in [0.4, 0.5) is 0 Å². The molecule has 1 heterocycles. The van der Waals surface area contributed by atoms with E-state index in [4.69, 9.17) is 4.74 Å². The maximum Gasteiger partial charge on any atom is 0.164 e. The SMILES string of the molecule is Oc1cc2c3c(ccc4cc(O)c(O)c(c43)CO2)c1. The highest BCUT2D eigenvalue weighted by molar-refractivity contribution is 6.14. The van der Waals surface area contributed by atoms with Crippen molar-refractivity contribution in [3.63, 3.8) is 0 Å². The van der Waals surface area contributed by atoms with Crippen LogP contribution in [-0.4, -0.2) is 15.3 Å². The van der Waals surface area contributed by atoms with E-state index in [1.54, 1.807) is 12.1 Å². The van der Waals surface area contributed by atoms with Crippen LogP contribution in [0.5, 0.6) is 23.0 Å². The normalized spacial score (nSPS) is 13.1. The predicted molar refractivity (Wildman–Crippen MR) is 70.8 cm³/mol. The van der Waals surface area contributed by atoms with Crippen molar-refractivity contribution in [2.45, 2.75) is 6.61 Å². The Bertz CT molecular complexity index is 852. The van der Waals surface area contributed by atoms with Crippen LogP contribution in [0.2, 0.25) is 0 Å². The zero-order valence-corrected chi connectivity index (χ0v) is 9.84. The number of phenols is 3. The van der Waals surface area contributed by atoms with Crippen LogP contribution in [0.3, 0.4) is 0 Å². The third-order valence-electron chi connectivity index (χ3n) is 3.59. The second kappa shape index (κ2) is 3.23. The van der Waals surface area contributed by atoms with Gasteiger partial charge in [0.1, 0.15) is 18.1 Å². The Balaban J connectivity index is 2.33. The third kappa shape index (κ3) is 1.23. The van der Waals surface area contributed by atoms with Crippen molar-refractivity contribution in [1.29, 1.82) is 0 Å². The minimum absolute atomic E-state index is 0.140. The lowest BCUT2D eigenvalue weighted by Gasteiger charge is -2.21. The number of ether oxygens (including phenoxy) is 1. The number of phenolic OH excluding ortho intramolecular Hbond substituents is 3. The fraction of sp³-hybridized carbons (Fsp3) is 0.0667. The lowest BCUT2D eigenvalue weighted by atomic mass is 9.94. The van der Waals surface area contributed by atoms with Crippen LogP contribution in [0.1, 0.15) is 5.56 Å². The predicted octanol–water partition coefficient (Wildman–Crippen LogP) is 3.00. The molecule has 3 aromatic rings. The largest absolute Gasteiger partial charge is 0.508 e. The van der Waals surface area contributed by atoms with Gasteiger partial charge in [0.25, 0.3) is 0 Å². The molecule has 1 aliphatic rings. The van der Waals surface area contributed by atoms with Gasteiger partial charge in [-0.05, 0) is 22.9 Å². The summed E-state index contributed by atoms with van der Waals surface area (Å²) in [5.74, 6) is 0.456. The summed E-state index contributed by atoms with van der Waals surface area (Å²) in [6.45, 7) is 0.173. The van der Waals surface area contributed by atoms with Crippen LogP contribution in [0.25, 0.3) is 21.5 Å². The molecule has 4 heteroatoms. The van der Waals surface area contributed by atoms with E-state index < -0.39 is 0 Å². The maximum atomic E-state index is 9.96.